The van der Waals surface area contributed by atoms with Crippen LogP contribution in [0.2, 0.25) is 0 Å². The average molecular weight is 334 g/mol. The second-order valence-corrected chi connectivity index (χ2v) is 5.46. The molecule has 1 N–H and O–H groups in total. The summed E-state index contributed by atoms with van der Waals surface area (Å²) in [4.78, 5) is 12.2. The highest BCUT2D eigenvalue weighted by Gasteiger charge is 2.08. The van der Waals surface area contributed by atoms with E-state index in [1.807, 2.05) is 44.2 Å². The van der Waals surface area contributed by atoms with Crippen molar-refractivity contribution in [3.05, 3.63) is 57.6 Å². The fourth-order valence-electron chi connectivity index (χ4n) is 1.95. The van der Waals surface area contributed by atoms with Crippen molar-refractivity contribution in [1.82, 2.24) is 0 Å². The van der Waals surface area contributed by atoms with Gasteiger partial charge in [0, 0.05) is 15.7 Å². The highest BCUT2D eigenvalue weighted by atomic mass is 79.9. The van der Waals surface area contributed by atoms with Crippen molar-refractivity contribution < 1.29 is 9.53 Å². The molecule has 0 aliphatic rings. The third-order valence-corrected chi connectivity index (χ3v) is 3.96. The predicted octanol–water partition coefficient (Wildman–Crippen LogP) is 4.33. The third kappa shape index (κ3) is 3.20. The fraction of sp³-hybridized carbons (Fsp3) is 0.188. The number of ether oxygens (including phenoxy) is 1. The van der Waals surface area contributed by atoms with Crippen molar-refractivity contribution in [3.8, 4) is 5.75 Å². The molecule has 4 heteroatoms. The molecule has 20 heavy (non-hydrogen) atoms. The maximum atomic E-state index is 12.2. The number of methoxy groups -OCH3 is 1. The van der Waals surface area contributed by atoms with Gasteiger partial charge in [-0.3, -0.25) is 4.79 Å². The molecule has 2 aromatic carbocycles. The molecule has 1 amide bonds. The lowest BCUT2D eigenvalue weighted by Crippen LogP contribution is -2.12. The first-order valence-electron chi connectivity index (χ1n) is 6.23. The van der Waals surface area contributed by atoms with Gasteiger partial charge < -0.3 is 10.1 Å². The van der Waals surface area contributed by atoms with E-state index in [2.05, 4.69) is 21.2 Å². The minimum absolute atomic E-state index is 0.120. The Bertz CT molecular complexity index is 653. The van der Waals surface area contributed by atoms with Gasteiger partial charge in [0.15, 0.2) is 0 Å². The summed E-state index contributed by atoms with van der Waals surface area (Å²) in [5.41, 5.74) is 3.41. The van der Waals surface area contributed by atoms with Gasteiger partial charge in [-0.1, -0.05) is 15.9 Å². The lowest BCUT2D eigenvalue weighted by Gasteiger charge is -2.09. The van der Waals surface area contributed by atoms with Crippen LogP contribution in [0.15, 0.2) is 40.9 Å². The van der Waals surface area contributed by atoms with Crippen LogP contribution in [-0.2, 0) is 0 Å². The number of hydrogen-bond acceptors (Lipinski definition) is 2. The first kappa shape index (κ1) is 14.6. The molecule has 0 aromatic heterocycles. The maximum Gasteiger partial charge on any atom is 0.255 e. The number of hydrogen-bond donors (Lipinski definition) is 1. The topological polar surface area (TPSA) is 38.3 Å². The van der Waals surface area contributed by atoms with E-state index in [1.165, 1.54) is 0 Å². The Labute approximate surface area is 127 Å². The van der Waals surface area contributed by atoms with E-state index >= 15 is 0 Å². The quantitative estimate of drug-likeness (QED) is 0.907. The number of aryl methyl sites for hydroxylation is 2. The number of benzene rings is 2. The van der Waals surface area contributed by atoms with Crippen LogP contribution >= 0.6 is 15.9 Å². The molecule has 2 aromatic rings. The molecule has 0 unspecified atom stereocenters. The number of carbonyl (C=O) groups excluding carboxylic acids is 1. The molecular weight excluding hydrogens is 318 g/mol. The van der Waals surface area contributed by atoms with E-state index < -0.39 is 0 Å². The van der Waals surface area contributed by atoms with Crippen LogP contribution < -0.4 is 10.1 Å². The second kappa shape index (κ2) is 6.09. The van der Waals surface area contributed by atoms with E-state index in [4.69, 9.17) is 4.74 Å². The van der Waals surface area contributed by atoms with Gasteiger partial charge in [0.1, 0.15) is 5.75 Å². The molecule has 3 nitrogen and oxygen atoms in total. The average Bonchev–Trinajstić information content (AvgIpc) is 2.42. The summed E-state index contributed by atoms with van der Waals surface area (Å²) < 4.78 is 6.20. The Hall–Kier alpha value is -1.81. The normalized spacial score (nSPS) is 10.2. The number of amides is 1. The largest absolute Gasteiger partial charge is 0.496 e. The Morgan fingerprint density at radius 3 is 2.45 bits per heavy atom. The van der Waals surface area contributed by atoms with Gasteiger partial charge in [0.25, 0.3) is 5.91 Å². The minimum Gasteiger partial charge on any atom is -0.496 e. The van der Waals surface area contributed by atoms with Gasteiger partial charge in [-0.2, -0.15) is 0 Å². The van der Waals surface area contributed by atoms with Crippen molar-refractivity contribution in [2.45, 2.75) is 13.8 Å². The van der Waals surface area contributed by atoms with Crippen molar-refractivity contribution >= 4 is 27.5 Å². The van der Waals surface area contributed by atoms with Crippen LogP contribution in [0.25, 0.3) is 0 Å². The zero-order chi connectivity index (χ0) is 14.7. The first-order valence-corrected chi connectivity index (χ1v) is 7.02. The monoisotopic (exact) mass is 333 g/mol. The van der Waals surface area contributed by atoms with Crippen molar-refractivity contribution in [2.75, 3.05) is 12.4 Å². The lowest BCUT2D eigenvalue weighted by molar-refractivity contribution is 0.102. The Morgan fingerprint density at radius 1 is 1.10 bits per heavy atom. The molecule has 0 aliphatic heterocycles. The van der Waals surface area contributed by atoms with Crippen molar-refractivity contribution in [2.24, 2.45) is 0 Å². The van der Waals surface area contributed by atoms with Crippen LogP contribution in [0.4, 0.5) is 5.69 Å². The minimum atomic E-state index is -0.120. The van der Waals surface area contributed by atoms with Gasteiger partial charge in [0.2, 0.25) is 0 Å². The molecule has 0 saturated carbocycles. The van der Waals surface area contributed by atoms with Crippen LogP contribution in [0.1, 0.15) is 21.5 Å². The van der Waals surface area contributed by atoms with Gasteiger partial charge in [0.05, 0.1) is 7.11 Å². The summed E-state index contributed by atoms with van der Waals surface area (Å²) >= 11 is 3.43. The van der Waals surface area contributed by atoms with E-state index in [0.717, 1.165) is 27.0 Å². The van der Waals surface area contributed by atoms with E-state index in [9.17, 15) is 4.79 Å². The van der Waals surface area contributed by atoms with Crippen molar-refractivity contribution in [1.29, 1.82) is 0 Å². The summed E-state index contributed by atoms with van der Waals surface area (Å²) in [5.74, 6) is 0.688. The Balaban J connectivity index is 2.19. The molecular formula is C16H16BrNO2. The Kier molecular flexibility index (Phi) is 4.45. The lowest BCUT2D eigenvalue weighted by atomic mass is 10.1. The predicted molar refractivity (Wildman–Crippen MR) is 84.6 cm³/mol. The maximum absolute atomic E-state index is 12.2. The Morgan fingerprint density at radius 2 is 1.85 bits per heavy atom. The molecule has 0 atom stereocenters. The van der Waals surface area contributed by atoms with Crippen LogP contribution in [0, 0.1) is 13.8 Å². The first-order chi connectivity index (χ1) is 9.51. The molecule has 0 heterocycles. The summed E-state index contributed by atoms with van der Waals surface area (Å²) in [6, 6.07) is 11.1. The highest BCUT2D eigenvalue weighted by Crippen LogP contribution is 2.22. The van der Waals surface area contributed by atoms with Crippen LogP contribution in [0.5, 0.6) is 5.75 Å². The summed E-state index contributed by atoms with van der Waals surface area (Å²) in [6.07, 6.45) is 0. The van der Waals surface area contributed by atoms with Gasteiger partial charge >= 0.3 is 0 Å². The van der Waals surface area contributed by atoms with Crippen LogP contribution in [0.3, 0.4) is 0 Å². The summed E-state index contributed by atoms with van der Waals surface area (Å²) in [5, 5.41) is 2.89. The van der Waals surface area contributed by atoms with Gasteiger partial charge in [-0.15, -0.1) is 0 Å². The zero-order valence-electron chi connectivity index (χ0n) is 11.7. The van der Waals surface area contributed by atoms with E-state index in [0.29, 0.717) is 5.56 Å². The molecule has 0 spiro atoms. The molecule has 2 rings (SSSR count). The zero-order valence-corrected chi connectivity index (χ0v) is 13.2. The molecule has 0 bridgehead atoms. The van der Waals surface area contributed by atoms with E-state index in [1.54, 1.807) is 13.2 Å². The second-order valence-electron chi connectivity index (χ2n) is 4.60. The highest BCUT2D eigenvalue weighted by molar-refractivity contribution is 9.10. The number of carbonyl (C=O) groups is 1. The number of rotatable bonds is 3. The number of nitrogens with one attached hydrogen (secondary N) is 1. The molecule has 0 fully saturated rings. The van der Waals surface area contributed by atoms with Gasteiger partial charge in [-0.25, -0.2) is 0 Å². The molecule has 0 radical (unpaired) electrons. The molecule has 104 valence electrons. The standard InChI is InChI=1S/C16H16BrNO2/c1-10-8-12(4-6-14(10)17)16(19)18-13-5-7-15(20-3)11(2)9-13/h4-9H,1-3H3,(H,18,19). The molecule has 0 aliphatic carbocycles. The third-order valence-electron chi connectivity index (χ3n) is 3.07. The number of halogens is 1. The fourth-order valence-corrected chi connectivity index (χ4v) is 2.19. The van der Waals surface area contributed by atoms with Crippen LogP contribution in [-0.4, -0.2) is 13.0 Å². The number of anilines is 1. The smallest absolute Gasteiger partial charge is 0.255 e. The summed E-state index contributed by atoms with van der Waals surface area (Å²) in [6.45, 7) is 3.90. The van der Waals surface area contributed by atoms with Crippen molar-refractivity contribution in [3.63, 3.8) is 0 Å². The molecule has 0 saturated heterocycles. The van der Waals surface area contributed by atoms with E-state index in [-0.39, 0.29) is 5.91 Å². The SMILES string of the molecule is COc1ccc(NC(=O)c2ccc(Br)c(C)c2)cc1C. The summed E-state index contributed by atoms with van der Waals surface area (Å²) in [7, 11) is 1.63. The van der Waals surface area contributed by atoms with Gasteiger partial charge in [-0.05, 0) is 61.4 Å².